The molecule has 0 bridgehead atoms. The molecule has 0 radical (unpaired) electrons. The van der Waals surface area contributed by atoms with Gasteiger partial charge in [-0.25, -0.2) is 0 Å². The largest absolute Gasteiger partial charge is 0.347 e. The van der Waals surface area contributed by atoms with Crippen molar-refractivity contribution < 1.29 is 14.4 Å². The first-order valence-electron chi connectivity index (χ1n) is 10.1. The molecule has 0 aliphatic heterocycles. The molecule has 0 aliphatic rings. The topological polar surface area (TPSA) is 87.3 Å². The Morgan fingerprint density at radius 3 is 2.00 bits per heavy atom. The number of amides is 3. The maximum atomic E-state index is 12.8. The van der Waals surface area contributed by atoms with E-state index in [1.54, 1.807) is 36.4 Å². The van der Waals surface area contributed by atoms with E-state index in [4.69, 9.17) is 0 Å². The summed E-state index contributed by atoms with van der Waals surface area (Å²) in [7, 11) is 0. The molecule has 160 valence electrons. The van der Waals surface area contributed by atoms with Crippen LogP contribution in [0, 0.1) is 12.8 Å². The van der Waals surface area contributed by atoms with E-state index in [1.165, 1.54) is 0 Å². The van der Waals surface area contributed by atoms with E-state index in [2.05, 4.69) is 16.0 Å². The quantitative estimate of drug-likeness (QED) is 0.676. The zero-order valence-electron chi connectivity index (χ0n) is 18.5. The summed E-state index contributed by atoms with van der Waals surface area (Å²) in [6.07, 6.45) is 0. The molecule has 0 aliphatic carbocycles. The second-order valence-electron chi connectivity index (χ2n) is 8.78. The molecular formula is C24H31N3O3. The van der Waals surface area contributed by atoms with Gasteiger partial charge in [-0.3, -0.25) is 14.4 Å². The van der Waals surface area contributed by atoms with Crippen LogP contribution in [0.3, 0.4) is 0 Å². The third-order valence-corrected chi connectivity index (χ3v) is 4.53. The molecule has 30 heavy (non-hydrogen) atoms. The number of nitrogens with one attached hydrogen (secondary N) is 3. The van der Waals surface area contributed by atoms with Gasteiger partial charge in [-0.05, 0) is 69.5 Å². The number of aryl methyl sites for hydroxylation is 1. The fourth-order valence-corrected chi connectivity index (χ4v) is 2.92. The normalized spacial score (nSPS) is 12.2. The molecule has 0 saturated carbocycles. The second-order valence-corrected chi connectivity index (χ2v) is 8.78. The molecule has 2 rings (SSSR count). The van der Waals surface area contributed by atoms with Gasteiger partial charge in [0, 0.05) is 22.4 Å². The fraction of sp³-hybridized carbons (Fsp3) is 0.375. The Labute approximate surface area is 178 Å². The SMILES string of the molecule is Cc1ccccc1C(=O)NC(C(=O)Nc1ccc(C(=O)NC(C)(C)C)cc1)C(C)C. The number of rotatable bonds is 6. The second kappa shape index (κ2) is 9.57. The van der Waals surface area contributed by atoms with Crippen LogP contribution >= 0.6 is 0 Å². The Hall–Kier alpha value is -3.15. The molecular weight excluding hydrogens is 378 g/mol. The maximum absolute atomic E-state index is 12.8. The third-order valence-electron chi connectivity index (χ3n) is 4.53. The van der Waals surface area contributed by atoms with Crippen molar-refractivity contribution in [2.45, 2.75) is 53.1 Å². The summed E-state index contributed by atoms with van der Waals surface area (Å²) in [5, 5.41) is 8.55. The van der Waals surface area contributed by atoms with Crippen molar-refractivity contribution in [2.75, 3.05) is 5.32 Å². The van der Waals surface area contributed by atoms with E-state index < -0.39 is 6.04 Å². The lowest BCUT2D eigenvalue weighted by Crippen LogP contribution is -2.47. The van der Waals surface area contributed by atoms with Crippen LogP contribution in [0.2, 0.25) is 0 Å². The monoisotopic (exact) mass is 409 g/mol. The molecule has 0 heterocycles. The average Bonchev–Trinajstić information content (AvgIpc) is 2.65. The summed E-state index contributed by atoms with van der Waals surface area (Å²) < 4.78 is 0. The van der Waals surface area contributed by atoms with Crippen LogP contribution in [0.1, 0.15) is 60.9 Å². The Kier molecular flexibility index (Phi) is 7.38. The first-order chi connectivity index (χ1) is 14.0. The van der Waals surface area contributed by atoms with Gasteiger partial charge in [0.2, 0.25) is 5.91 Å². The van der Waals surface area contributed by atoms with Gasteiger partial charge in [-0.2, -0.15) is 0 Å². The lowest BCUT2D eigenvalue weighted by molar-refractivity contribution is -0.118. The van der Waals surface area contributed by atoms with Crippen molar-refractivity contribution in [3.8, 4) is 0 Å². The van der Waals surface area contributed by atoms with Gasteiger partial charge in [0.1, 0.15) is 6.04 Å². The molecule has 3 amide bonds. The molecule has 0 fully saturated rings. The van der Waals surface area contributed by atoms with Crippen molar-refractivity contribution in [2.24, 2.45) is 5.92 Å². The van der Waals surface area contributed by atoms with Crippen LogP contribution in [-0.4, -0.2) is 29.3 Å². The Bertz CT molecular complexity index is 912. The molecule has 6 nitrogen and oxygen atoms in total. The Balaban J connectivity index is 2.07. The number of hydrogen-bond acceptors (Lipinski definition) is 3. The number of benzene rings is 2. The van der Waals surface area contributed by atoms with Crippen molar-refractivity contribution in [1.29, 1.82) is 0 Å². The van der Waals surface area contributed by atoms with Gasteiger partial charge in [-0.1, -0.05) is 32.0 Å². The molecule has 3 N–H and O–H groups in total. The van der Waals surface area contributed by atoms with Gasteiger partial charge >= 0.3 is 0 Å². The lowest BCUT2D eigenvalue weighted by Gasteiger charge is -2.22. The predicted octanol–water partition coefficient (Wildman–Crippen LogP) is 3.92. The predicted molar refractivity (Wildman–Crippen MR) is 120 cm³/mol. The number of carbonyl (C=O) groups excluding carboxylic acids is 3. The van der Waals surface area contributed by atoms with Crippen LogP contribution < -0.4 is 16.0 Å². The Morgan fingerprint density at radius 1 is 0.867 bits per heavy atom. The number of hydrogen-bond donors (Lipinski definition) is 3. The van der Waals surface area contributed by atoms with E-state index >= 15 is 0 Å². The van der Waals surface area contributed by atoms with Crippen LogP contribution in [0.25, 0.3) is 0 Å². The van der Waals surface area contributed by atoms with Crippen molar-refractivity contribution in [3.63, 3.8) is 0 Å². The highest BCUT2D eigenvalue weighted by atomic mass is 16.2. The van der Waals surface area contributed by atoms with Gasteiger partial charge in [-0.15, -0.1) is 0 Å². The summed E-state index contributed by atoms with van der Waals surface area (Å²) in [6, 6.07) is 13.2. The minimum Gasteiger partial charge on any atom is -0.347 e. The highest BCUT2D eigenvalue weighted by Crippen LogP contribution is 2.14. The van der Waals surface area contributed by atoms with E-state index in [-0.39, 0.29) is 29.2 Å². The van der Waals surface area contributed by atoms with Crippen LogP contribution in [0.15, 0.2) is 48.5 Å². The van der Waals surface area contributed by atoms with Gasteiger partial charge < -0.3 is 16.0 Å². The van der Waals surface area contributed by atoms with Gasteiger partial charge in [0.25, 0.3) is 11.8 Å². The summed E-state index contributed by atoms with van der Waals surface area (Å²) in [5.74, 6) is -0.865. The van der Waals surface area contributed by atoms with Crippen molar-refractivity contribution >= 4 is 23.4 Å². The first-order valence-corrected chi connectivity index (χ1v) is 10.1. The summed E-state index contributed by atoms with van der Waals surface area (Å²) >= 11 is 0. The zero-order chi connectivity index (χ0) is 22.5. The van der Waals surface area contributed by atoms with Crippen LogP contribution in [0.5, 0.6) is 0 Å². The number of carbonyl (C=O) groups is 3. The fourth-order valence-electron chi connectivity index (χ4n) is 2.92. The smallest absolute Gasteiger partial charge is 0.252 e. The van der Waals surface area contributed by atoms with E-state index in [1.807, 2.05) is 53.7 Å². The van der Waals surface area contributed by atoms with Crippen LogP contribution in [-0.2, 0) is 4.79 Å². The highest BCUT2D eigenvalue weighted by molar-refractivity contribution is 6.02. The summed E-state index contributed by atoms with van der Waals surface area (Å²) in [6.45, 7) is 11.4. The summed E-state index contributed by atoms with van der Waals surface area (Å²) in [5.41, 5.74) is 2.13. The zero-order valence-corrected chi connectivity index (χ0v) is 18.5. The first kappa shape index (κ1) is 23.1. The standard InChI is InChI=1S/C24H31N3O3/c1-15(2)20(26-22(29)19-10-8-7-9-16(19)3)23(30)25-18-13-11-17(12-14-18)21(28)27-24(4,5)6/h7-15,20H,1-6H3,(H,25,30)(H,26,29)(H,27,28). The minimum atomic E-state index is -0.694. The van der Waals surface area contributed by atoms with Crippen molar-refractivity contribution in [3.05, 3.63) is 65.2 Å². The highest BCUT2D eigenvalue weighted by Gasteiger charge is 2.25. The van der Waals surface area contributed by atoms with Gasteiger partial charge in [0.05, 0.1) is 0 Å². The average molecular weight is 410 g/mol. The molecule has 6 heteroatoms. The van der Waals surface area contributed by atoms with E-state index in [0.717, 1.165) is 5.56 Å². The molecule has 0 spiro atoms. The molecule has 2 aromatic rings. The molecule has 0 saturated heterocycles. The maximum Gasteiger partial charge on any atom is 0.252 e. The van der Waals surface area contributed by atoms with Crippen LogP contribution in [0.4, 0.5) is 5.69 Å². The molecule has 2 aromatic carbocycles. The molecule has 1 atom stereocenters. The molecule has 0 aromatic heterocycles. The van der Waals surface area contributed by atoms with E-state index in [9.17, 15) is 14.4 Å². The molecule has 1 unspecified atom stereocenters. The Morgan fingerprint density at radius 2 is 1.47 bits per heavy atom. The van der Waals surface area contributed by atoms with Crippen molar-refractivity contribution in [1.82, 2.24) is 10.6 Å². The van der Waals surface area contributed by atoms with Gasteiger partial charge in [0.15, 0.2) is 0 Å². The lowest BCUT2D eigenvalue weighted by atomic mass is 10.0. The van der Waals surface area contributed by atoms with E-state index in [0.29, 0.717) is 16.8 Å². The third kappa shape index (κ3) is 6.44. The summed E-state index contributed by atoms with van der Waals surface area (Å²) in [4.78, 5) is 37.7. The number of anilines is 1. The minimum absolute atomic E-state index is 0.102.